The summed E-state index contributed by atoms with van der Waals surface area (Å²) in [5.41, 5.74) is 1.31. The summed E-state index contributed by atoms with van der Waals surface area (Å²) in [6.45, 7) is 2.02. The van der Waals surface area contributed by atoms with Gasteiger partial charge in [-0.25, -0.2) is 9.18 Å². The number of benzene rings is 1. The summed E-state index contributed by atoms with van der Waals surface area (Å²) in [7, 11) is 0. The maximum Gasteiger partial charge on any atom is 0.328 e. The van der Waals surface area contributed by atoms with Crippen LogP contribution in [0.25, 0.3) is 6.08 Å². The number of aromatic nitrogens is 3. The first-order chi connectivity index (χ1) is 10.1. The highest BCUT2D eigenvalue weighted by Crippen LogP contribution is 2.26. The number of carbonyl (C=O) groups is 1. The zero-order valence-electron chi connectivity index (χ0n) is 11.1. The molecule has 0 saturated carbocycles. The molecule has 21 heavy (non-hydrogen) atoms. The van der Waals surface area contributed by atoms with Crippen molar-refractivity contribution >= 4 is 17.7 Å². The molecule has 7 heteroatoms. The summed E-state index contributed by atoms with van der Waals surface area (Å²) in [6.07, 6.45) is 4.09. The van der Waals surface area contributed by atoms with Crippen LogP contribution in [0.5, 0.6) is 0 Å². The second kappa shape index (κ2) is 5.35. The van der Waals surface area contributed by atoms with Gasteiger partial charge in [-0.05, 0) is 24.3 Å². The molecule has 0 bridgehead atoms. The Kier molecular flexibility index (Phi) is 3.39. The molecule has 1 aliphatic heterocycles. The predicted molar refractivity (Wildman–Crippen MR) is 74.1 cm³/mol. The molecule has 3 rings (SSSR count). The van der Waals surface area contributed by atoms with Gasteiger partial charge < -0.3 is 14.6 Å². The third-order valence-corrected chi connectivity index (χ3v) is 3.37. The Morgan fingerprint density at radius 3 is 3.05 bits per heavy atom. The van der Waals surface area contributed by atoms with E-state index in [1.807, 2.05) is 9.47 Å². The molecule has 2 heterocycles. The molecule has 0 amide bonds. The van der Waals surface area contributed by atoms with Crippen molar-refractivity contribution in [3.63, 3.8) is 0 Å². The molecular weight excluding hydrogens is 275 g/mol. The Labute approximate surface area is 120 Å². The molecule has 1 aliphatic rings. The van der Waals surface area contributed by atoms with E-state index >= 15 is 0 Å². The average Bonchev–Trinajstić information content (AvgIpc) is 2.92. The molecule has 1 aromatic heterocycles. The van der Waals surface area contributed by atoms with Crippen molar-refractivity contribution in [1.29, 1.82) is 0 Å². The Balaban J connectivity index is 1.93. The summed E-state index contributed by atoms with van der Waals surface area (Å²) in [4.78, 5) is 12.7. The van der Waals surface area contributed by atoms with E-state index in [0.29, 0.717) is 12.1 Å². The van der Waals surface area contributed by atoms with Crippen molar-refractivity contribution in [1.82, 2.24) is 14.8 Å². The van der Waals surface area contributed by atoms with E-state index in [1.165, 1.54) is 18.2 Å². The number of halogens is 1. The third kappa shape index (κ3) is 2.76. The number of carboxylic acid groups (broad SMARTS) is 1. The van der Waals surface area contributed by atoms with Crippen LogP contribution in [0, 0.1) is 5.82 Å². The second-order valence-electron chi connectivity index (χ2n) is 4.74. The fourth-order valence-electron chi connectivity index (χ4n) is 2.38. The van der Waals surface area contributed by atoms with Crippen molar-refractivity contribution in [2.24, 2.45) is 0 Å². The van der Waals surface area contributed by atoms with Gasteiger partial charge in [-0.2, -0.15) is 0 Å². The van der Waals surface area contributed by atoms with E-state index in [-0.39, 0.29) is 0 Å². The highest BCUT2D eigenvalue weighted by Gasteiger charge is 2.19. The topological polar surface area (TPSA) is 71.2 Å². The third-order valence-electron chi connectivity index (χ3n) is 3.37. The lowest BCUT2D eigenvalue weighted by molar-refractivity contribution is -0.131. The summed E-state index contributed by atoms with van der Waals surface area (Å²) in [5.74, 6) is -0.633. The predicted octanol–water partition coefficient (Wildman–Crippen LogP) is 1.54. The van der Waals surface area contributed by atoms with E-state index in [0.717, 1.165) is 30.7 Å². The number of hydrogen-bond acceptors (Lipinski definition) is 4. The average molecular weight is 288 g/mol. The quantitative estimate of drug-likeness (QED) is 0.867. The molecule has 2 aromatic rings. The summed E-state index contributed by atoms with van der Waals surface area (Å²) < 4.78 is 15.4. The van der Waals surface area contributed by atoms with Gasteiger partial charge in [0.2, 0.25) is 0 Å². The summed E-state index contributed by atoms with van der Waals surface area (Å²) in [5, 5.41) is 16.6. The van der Waals surface area contributed by atoms with E-state index in [9.17, 15) is 9.18 Å². The normalized spacial score (nSPS) is 14.4. The van der Waals surface area contributed by atoms with Crippen LogP contribution in [0.4, 0.5) is 10.1 Å². The molecule has 1 aromatic carbocycles. The Hall–Kier alpha value is -2.70. The maximum atomic E-state index is 13.4. The first-order valence-electron chi connectivity index (χ1n) is 6.45. The molecule has 0 fully saturated rings. The number of carboxylic acids is 1. The van der Waals surface area contributed by atoms with Crippen LogP contribution >= 0.6 is 0 Å². The van der Waals surface area contributed by atoms with Crippen LogP contribution < -0.4 is 4.90 Å². The standard InChI is InChI=1S/C14H13FN4O2/c15-11-2-3-12(10(7-11)1-4-14(20)21)18-5-6-19-9-16-17-13(19)8-18/h1-4,7,9H,5-6,8H2,(H,20,21). The molecule has 108 valence electrons. The monoisotopic (exact) mass is 288 g/mol. The Bertz CT molecular complexity index is 711. The molecule has 0 radical (unpaired) electrons. The van der Waals surface area contributed by atoms with Crippen molar-refractivity contribution in [2.45, 2.75) is 13.1 Å². The number of fused-ring (bicyclic) bond motifs is 1. The van der Waals surface area contributed by atoms with Crippen molar-refractivity contribution in [2.75, 3.05) is 11.4 Å². The molecule has 0 aliphatic carbocycles. The van der Waals surface area contributed by atoms with Crippen LogP contribution in [0.15, 0.2) is 30.6 Å². The Morgan fingerprint density at radius 1 is 1.38 bits per heavy atom. The lowest BCUT2D eigenvalue weighted by Gasteiger charge is -2.30. The van der Waals surface area contributed by atoms with Crippen molar-refractivity contribution in [3.8, 4) is 0 Å². The van der Waals surface area contributed by atoms with Crippen LogP contribution in [0.2, 0.25) is 0 Å². The molecule has 6 nitrogen and oxygen atoms in total. The molecule has 0 saturated heterocycles. The van der Waals surface area contributed by atoms with Gasteiger partial charge in [-0.15, -0.1) is 10.2 Å². The van der Waals surface area contributed by atoms with Gasteiger partial charge in [0.25, 0.3) is 0 Å². The summed E-state index contributed by atoms with van der Waals surface area (Å²) >= 11 is 0. The molecular formula is C14H13FN4O2. The Morgan fingerprint density at radius 2 is 2.24 bits per heavy atom. The van der Waals surface area contributed by atoms with Crippen molar-refractivity contribution in [3.05, 3.63) is 47.8 Å². The van der Waals surface area contributed by atoms with Gasteiger partial charge in [-0.1, -0.05) is 0 Å². The molecule has 0 spiro atoms. The minimum atomic E-state index is -1.07. The number of aliphatic carboxylic acids is 1. The van der Waals surface area contributed by atoms with E-state index in [1.54, 1.807) is 12.4 Å². The van der Waals surface area contributed by atoms with E-state index in [4.69, 9.17) is 5.11 Å². The van der Waals surface area contributed by atoms with Gasteiger partial charge in [0.15, 0.2) is 5.82 Å². The van der Waals surface area contributed by atoms with Crippen LogP contribution in [0.1, 0.15) is 11.4 Å². The number of nitrogens with zero attached hydrogens (tertiary/aromatic N) is 4. The van der Waals surface area contributed by atoms with E-state index < -0.39 is 11.8 Å². The SMILES string of the molecule is O=C(O)C=Cc1cc(F)ccc1N1CCn2cnnc2C1. The van der Waals surface area contributed by atoms with Crippen molar-refractivity contribution < 1.29 is 14.3 Å². The first kappa shape index (κ1) is 13.3. The zero-order chi connectivity index (χ0) is 14.8. The fourth-order valence-corrected chi connectivity index (χ4v) is 2.38. The number of rotatable bonds is 3. The molecule has 0 unspecified atom stereocenters. The minimum absolute atomic E-state index is 0.399. The number of hydrogen-bond donors (Lipinski definition) is 1. The van der Waals surface area contributed by atoms with Gasteiger partial charge >= 0.3 is 5.97 Å². The van der Waals surface area contributed by atoms with Gasteiger partial charge in [0, 0.05) is 30.4 Å². The second-order valence-corrected chi connectivity index (χ2v) is 4.74. The van der Waals surface area contributed by atoms with Crippen LogP contribution in [0.3, 0.4) is 0 Å². The van der Waals surface area contributed by atoms with Gasteiger partial charge in [-0.3, -0.25) is 0 Å². The highest BCUT2D eigenvalue weighted by molar-refractivity contribution is 5.87. The smallest absolute Gasteiger partial charge is 0.328 e. The largest absolute Gasteiger partial charge is 0.478 e. The highest BCUT2D eigenvalue weighted by atomic mass is 19.1. The minimum Gasteiger partial charge on any atom is -0.478 e. The lowest BCUT2D eigenvalue weighted by atomic mass is 10.1. The molecule has 1 N–H and O–H groups in total. The lowest BCUT2D eigenvalue weighted by Crippen LogP contribution is -2.34. The van der Waals surface area contributed by atoms with E-state index in [2.05, 4.69) is 10.2 Å². The van der Waals surface area contributed by atoms with Crippen LogP contribution in [-0.4, -0.2) is 32.4 Å². The fraction of sp³-hybridized carbons (Fsp3) is 0.214. The van der Waals surface area contributed by atoms with Gasteiger partial charge in [0.1, 0.15) is 12.1 Å². The number of anilines is 1. The van der Waals surface area contributed by atoms with Crippen LogP contribution in [-0.2, 0) is 17.9 Å². The first-order valence-corrected chi connectivity index (χ1v) is 6.45. The van der Waals surface area contributed by atoms with Gasteiger partial charge in [0.05, 0.1) is 6.54 Å². The zero-order valence-corrected chi connectivity index (χ0v) is 11.1. The maximum absolute atomic E-state index is 13.4. The molecule has 0 atom stereocenters. The summed E-state index contributed by atoms with van der Waals surface area (Å²) in [6, 6.07) is 4.35.